The first-order chi connectivity index (χ1) is 19.9. The summed E-state index contributed by atoms with van der Waals surface area (Å²) in [4.78, 5) is 54.3. The average molecular weight is 639 g/mol. The Bertz CT molecular complexity index is 1630. The zero-order valence-corrected chi connectivity index (χ0v) is 25.3. The molecular weight excluding hydrogens is 606 g/mol. The Labute approximate surface area is 250 Å². The van der Waals surface area contributed by atoms with Crippen LogP contribution in [0.5, 0.6) is 5.75 Å². The standard InChI is InChI=1S/C29H32BrN7O5/c1-16-5-6-17(30)13-21(16)33-25(38)23-24(32-15-31-23)26(39)36-27-34-20-8-7-19(14-22(20)35-27)41-18-9-11-37(12-10-18)28(40)42-29(2,3)4/h5-8,13-15,18H,9-12H2,1-4H3,(H,31,32)(H,33,38)(H2,34,35,36,39). The van der Waals surface area contributed by atoms with Crippen LogP contribution < -0.4 is 15.4 Å². The van der Waals surface area contributed by atoms with Gasteiger partial charge in [0, 0.05) is 42.2 Å². The summed E-state index contributed by atoms with van der Waals surface area (Å²) in [7, 11) is 0. The van der Waals surface area contributed by atoms with Crippen molar-refractivity contribution >= 4 is 56.5 Å². The van der Waals surface area contributed by atoms with E-state index in [0.717, 1.165) is 10.0 Å². The van der Waals surface area contributed by atoms with Gasteiger partial charge < -0.3 is 29.7 Å². The van der Waals surface area contributed by atoms with Crippen LogP contribution in [0.2, 0.25) is 0 Å². The number of hydrogen-bond acceptors (Lipinski definition) is 7. The van der Waals surface area contributed by atoms with E-state index in [1.807, 2.05) is 52.0 Å². The second-order valence-electron chi connectivity index (χ2n) is 11.0. The predicted octanol–water partition coefficient (Wildman–Crippen LogP) is 5.64. The van der Waals surface area contributed by atoms with Crippen molar-refractivity contribution in [3.8, 4) is 5.75 Å². The smallest absolute Gasteiger partial charge is 0.410 e. The van der Waals surface area contributed by atoms with E-state index in [1.54, 1.807) is 17.0 Å². The maximum atomic E-state index is 13.0. The van der Waals surface area contributed by atoms with Gasteiger partial charge in [0.05, 0.1) is 17.4 Å². The van der Waals surface area contributed by atoms with Crippen LogP contribution in [0.15, 0.2) is 47.2 Å². The van der Waals surface area contributed by atoms with Gasteiger partial charge in [-0.05, 0) is 57.5 Å². The topological polar surface area (TPSA) is 154 Å². The Morgan fingerprint density at radius 2 is 1.81 bits per heavy atom. The minimum atomic E-state index is -0.573. The van der Waals surface area contributed by atoms with Crippen LogP contribution in [0.1, 0.15) is 60.2 Å². The van der Waals surface area contributed by atoms with E-state index >= 15 is 0 Å². The third-order valence-corrected chi connectivity index (χ3v) is 7.10. The molecule has 0 radical (unpaired) electrons. The molecule has 0 aliphatic carbocycles. The number of nitrogens with zero attached hydrogens (tertiary/aromatic N) is 3. The van der Waals surface area contributed by atoms with Crippen LogP contribution in [-0.2, 0) is 4.74 Å². The molecule has 0 atom stereocenters. The van der Waals surface area contributed by atoms with Crippen LogP contribution >= 0.6 is 15.9 Å². The lowest BCUT2D eigenvalue weighted by molar-refractivity contribution is 0.0126. The zero-order chi connectivity index (χ0) is 30.0. The number of likely N-dealkylation sites (tertiary alicyclic amines) is 1. The summed E-state index contributed by atoms with van der Waals surface area (Å²) in [6.45, 7) is 8.53. The molecule has 12 nitrogen and oxygen atoms in total. The summed E-state index contributed by atoms with van der Waals surface area (Å²) in [5.41, 5.74) is 2.19. The molecule has 0 spiro atoms. The molecule has 1 aliphatic heterocycles. The molecule has 0 saturated carbocycles. The van der Waals surface area contributed by atoms with Gasteiger partial charge >= 0.3 is 6.09 Å². The number of benzene rings is 2. The normalized spacial score (nSPS) is 14.1. The molecule has 3 amide bonds. The molecule has 13 heteroatoms. The summed E-state index contributed by atoms with van der Waals surface area (Å²) < 4.78 is 12.4. The SMILES string of the molecule is Cc1ccc(Br)cc1NC(=O)c1nc[nH]c1C(=O)Nc1nc2ccc(OC3CCN(C(=O)OC(C)(C)C)CC3)cc2[nH]1. The highest BCUT2D eigenvalue weighted by Gasteiger charge is 2.28. The number of imidazole rings is 2. The first kappa shape index (κ1) is 29.1. The minimum Gasteiger partial charge on any atom is -0.490 e. The van der Waals surface area contributed by atoms with E-state index in [0.29, 0.717) is 48.4 Å². The number of nitrogens with one attached hydrogen (secondary N) is 4. The van der Waals surface area contributed by atoms with Crippen molar-refractivity contribution in [1.29, 1.82) is 0 Å². The molecule has 2 aromatic heterocycles. The molecule has 0 unspecified atom stereocenters. The van der Waals surface area contributed by atoms with Gasteiger partial charge in [-0.2, -0.15) is 0 Å². The molecule has 1 fully saturated rings. The number of rotatable bonds is 6. The Balaban J connectivity index is 1.20. The second-order valence-corrected chi connectivity index (χ2v) is 12.0. The van der Waals surface area contributed by atoms with Gasteiger partial charge in [-0.25, -0.2) is 14.8 Å². The number of carbonyl (C=O) groups excluding carboxylic acids is 3. The summed E-state index contributed by atoms with van der Waals surface area (Å²) in [5.74, 6) is -0.237. The molecule has 0 bridgehead atoms. The highest BCUT2D eigenvalue weighted by Crippen LogP contribution is 2.25. The van der Waals surface area contributed by atoms with E-state index in [-0.39, 0.29) is 29.5 Å². The van der Waals surface area contributed by atoms with Crippen molar-refractivity contribution in [2.75, 3.05) is 23.7 Å². The van der Waals surface area contributed by atoms with E-state index in [1.165, 1.54) is 6.33 Å². The predicted molar refractivity (Wildman–Crippen MR) is 161 cm³/mol. The van der Waals surface area contributed by atoms with Crippen molar-refractivity contribution in [2.45, 2.75) is 52.2 Å². The monoisotopic (exact) mass is 637 g/mol. The highest BCUT2D eigenvalue weighted by molar-refractivity contribution is 9.10. The number of ether oxygens (including phenoxy) is 2. The van der Waals surface area contributed by atoms with Crippen LogP contribution in [0.25, 0.3) is 11.0 Å². The molecule has 4 N–H and O–H groups in total. The number of fused-ring (bicyclic) bond motifs is 1. The average Bonchev–Trinajstić information content (AvgIpc) is 3.57. The van der Waals surface area contributed by atoms with Gasteiger partial charge in [0.15, 0.2) is 5.69 Å². The van der Waals surface area contributed by atoms with Crippen LogP contribution in [0.4, 0.5) is 16.4 Å². The Hall–Kier alpha value is -4.39. The fourth-order valence-corrected chi connectivity index (χ4v) is 4.88. The van der Waals surface area contributed by atoms with Crippen LogP contribution in [0.3, 0.4) is 0 Å². The van der Waals surface area contributed by atoms with Gasteiger partial charge in [0.1, 0.15) is 23.1 Å². The van der Waals surface area contributed by atoms with Crippen molar-refractivity contribution in [1.82, 2.24) is 24.8 Å². The van der Waals surface area contributed by atoms with E-state index in [9.17, 15) is 14.4 Å². The quantitative estimate of drug-likeness (QED) is 0.213. The number of aromatic amines is 2. The first-order valence-electron chi connectivity index (χ1n) is 13.5. The molecule has 3 heterocycles. The van der Waals surface area contributed by atoms with Gasteiger partial charge in [0.2, 0.25) is 5.95 Å². The maximum absolute atomic E-state index is 13.0. The minimum absolute atomic E-state index is 0.00218. The van der Waals surface area contributed by atoms with Crippen molar-refractivity contribution < 1.29 is 23.9 Å². The number of carbonyl (C=O) groups is 3. The van der Waals surface area contributed by atoms with Crippen molar-refractivity contribution in [3.63, 3.8) is 0 Å². The Morgan fingerprint density at radius 3 is 2.55 bits per heavy atom. The summed E-state index contributed by atoms with van der Waals surface area (Å²) >= 11 is 3.40. The molecule has 1 aliphatic rings. The summed E-state index contributed by atoms with van der Waals surface area (Å²) in [6, 6.07) is 10.9. The molecule has 1 saturated heterocycles. The maximum Gasteiger partial charge on any atom is 0.410 e. The number of anilines is 2. The summed E-state index contributed by atoms with van der Waals surface area (Å²) in [6.07, 6.45) is 2.30. The molecule has 5 rings (SSSR count). The number of aryl methyl sites for hydroxylation is 1. The lowest BCUT2D eigenvalue weighted by Crippen LogP contribution is -2.44. The number of aromatic nitrogens is 4. The Morgan fingerprint density at radius 1 is 1.05 bits per heavy atom. The molecular formula is C29H32BrN7O5. The van der Waals surface area contributed by atoms with E-state index in [4.69, 9.17) is 9.47 Å². The fraction of sp³-hybridized carbons (Fsp3) is 0.345. The van der Waals surface area contributed by atoms with Gasteiger partial charge in [-0.3, -0.25) is 14.9 Å². The lowest BCUT2D eigenvalue weighted by atomic mass is 10.1. The van der Waals surface area contributed by atoms with Gasteiger partial charge in [-0.15, -0.1) is 0 Å². The lowest BCUT2D eigenvalue weighted by Gasteiger charge is -2.33. The number of H-pyrrole nitrogens is 2. The molecule has 42 heavy (non-hydrogen) atoms. The fourth-order valence-electron chi connectivity index (χ4n) is 4.52. The van der Waals surface area contributed by atoms with E-state index < -0.39 is 17.4 Å². The van der Waals surface area contributed by atoms with Gasteiger partial charge in [0.25, 0.3) is 11.8 Å². The first-order valence-corrected chi connectivity index (χ1v) is 14.3. The molecule has 2 aromatic carbocycles. The zero-order valence-electron chi connectivity index (χ0n) is 23.7. The Kier molecular flexibility index (Phi) is 8.21. The highest BCUT2D eigenvalue weighted by atomic mass is 79.9. The summed E-state index contributed by atoms with van der Waals surface area (Å²) in [5, 5.41) is 5.49. The second kappa shape index (κ2) is 11.8. The number of halogens is 1. The molecule has 4 aromatic rings. The van der Waals surface area contributed by atoms with Crippen molar-refractivity contribution in [3.05, 3.63) is 64.1 Å². The number of amides is 3. The van der Waals surface area contributed by atoms with Crippen LogP contribution in [-0.4, -0.2) is 67.5 Å². The third kappa shape index (κ3) is 6.90. The van der Waals surface area contributed by atoms with E-state index in [2.05, 4.69) is 46.5 Å². The third-order valence-electron chi connectivity index (χ3n) is 6.61. The molecule has 220 valence electrons. The van der Waals surface area contributed by atoms with Crippen LogP contribution in [0, 0.1) is 6.92 Å². The number of hydrogen-bond donors (Lipinski definition) is 4. The van der Waals surface area contributed by atoms with Gasteiger partial charge in [-0.1, -0.05) is 22.0 Å². The van der Waals surface area contributed by atoms with Crippen molar-refractivity contribution in [2.24, 2.45) is 0 Å². The largest absolute Gasteiger partial charge is 0.490 e. The number of piperidine rings is 1.